The van der Waals surface area contributed by atoms with E-state index in [1.165, 1.54) is 41.8 Å². The summed E-state index contributed by atoms with van der Waals surface area (Å²) in [6.07, 6.45) is 4.87. The van der Waals surface area contributed by atoms with Crippen molar-refractivity contribution in [3.8, 4) is 0 Å². The highest BCUT2D eigenvalue weighted by Gasteiger charge is 2.15. The number of hydrogen-bond donors (Lipinski definition) is 1. The minimum atomic E-state index is 0.738. The summed E-state index contributed by atoms with van der Waals surface area (Å²) >= 11 is 6.44. The summed E-state index contributed by atoms with van der Waals surface area (Å²) < 4.78 is 0. The predicted octanol–water partition coefficient (Wildman–Crippen LogP) is 6.86. The zero-order valence-electron chi connectivity index (χ0n) is 18.7. The second-order valence-electron chi connectivity index (χ2n) is 7.58. The lowest BCUT2D eigenvalue weighted by molar-refractivity contribution is 0.716. The molecule has 0 amide bonds. The van der Waals surface area contributed by atoms with Gasteiger partial charge in [-0.2, -0.15) is 0 Å². The molecule has 0 saturated carbocycles. The second-order valence-corrected chi connectivity index (χ2v) is 7.99. The molecule has 0 spiro atoms. The van der Waals surface area contributed by atoms with Gasteiger partial charge in [0.2, 0.25) is 0 Å². The molecule has 0 fully saturated rings. The molecule has 29 heavy (non-hydrogen) atoms. The van der Waals surface area contributed by atoms with E-state index in [9.17, 15) is 0 Å². The van der Waals surface area contributed by atoms with Crippen LogP contribution in [0.1, 0.15) is 42.9 Å². The smallest absolute Gasteiger partial charge is 0.0631 e. The van der Waals surface area contributed by atoms with Crippen LogP contribution < -0.4 is 9.80 Å². The minimum absolute atomic E-state index is 0.738. The van der Waals surface area contributed by atoms with Crippen LogP contribution in [-0.4, -0.2) is 34.4 Å². The number of nitrogens with one attached hydrogen (secondary N) is 1. The van der Waals surface area contributed by atoms with Gasteiger partial charge < -0.3 is 15.2 Å². The zero-order valence-corrected chi connectivity index (χ0v) is 19.4. The fourth-order valence-corrected chi connectivity index (χ4v) is 3.90. The Labute approximate surface area is 182 Å². The summed E-state index contributed by atoms with van der Waals surface area (Å²) in [6.45, 7) is 11.8. The molecule has 0 aliphatic heterocycles. The van der Waals surface area contributed by atoms with Gasteiger partial charge in [0.1, 0.15) is 0 Å². The van der Waals surface area contributed by atoms with E-state index in [4.69, 9.17) is 17.0 Å². The normalized spacial score (nSPS) is 10.1. The number of nitrogens with zero attached hydrogens (tertiary/aromatic N) is 2. The first kappa shape index (κ1) is 24.8. The predicted molar refractivity (Wildman–Crippen MR) is 132 cm³/mol. The van der Waals surface area contributed by atoms with Crippen LogP contribution in [0.2, 0.25) is 5.02 Å². The van der Waals surface area contributed by atoms with Crippen LogP contribution in [0.25, 0.3) is 5.57 Å². The average Bonchev–Trinajstić information content (AvgIpc) is 2.69. The first-order valence-electron chi connectivity index (χ1n) is 10.1. The van der Waals surface area contributed by atoms with E-state index in [-0.39, 0.29) is 0 Å². The lowest BCUT2D eigenvalue weighted by atomic mass is 10.0. The summed E-state index contributed by atoms with van der Waals surface area (Å²) in [6, 6.07) is 12.8. The van der Waals surface area contributed by atoms with Crippen molar-refractivity contribution in [2.75, 3.05) is 37.5 Å². The molecular formula is C25H36ClN3. The van der Waals surface area contributed by atoms with Gasteiger partial charge >= 0.3 is 0 Å². The van der Waals surface area contributed by atoms with E-state index in [2.05, 4.69) is 88.4 Å². The van der Waals surface area contributed by atoms with Gasteiger partial charge in [0.25, 0.3) is 0 Å². The summed E-state index contributed by atoms with van der Waals surface area (Å²) in [5.74, 6) is 0. The Morgan fingerprint density at radius 3 is 2.34 bits per heavy atom. The van der Waals surface area contributed by atoms with Crippen molar-refractivity contribution in [1.82, 2.24) is 0 Å². The van der Waals surface area contributed by atoms with Crippen molar-refractivity contribution in [3.63, 3.8) is 0 Å². The standard InChI is InChI=1S/C24H33ClN2.CH3N/c1-7-8-9-11-20-12-10-13-23(24(20)26(4)5)27(6)17-19(3)21-15-14-18(2)16-22(21)25;1-2/h10,12-16H,3,7-9,11,17H2,1-2,4-6H3;2H,1H2. The maximum Gasteiger partial charge on any atom is 0.0631 e. The van der Waals surface area contributed by atoms with Crippen molar-refractivity contribution in [2.45, 2.75) is 39.5 Å². The second kappa shape index (κ2) is 12.3. The summed E-state index contributed by atoms with van der Waals surface area (Å²) in [7, 11) is 6.38. The molecule has 3 nitrogen and oxygen atoms in total. The summed E-state index contributed by atoms with van der Waals surface area (Å²) in [5.41, 5.74) is 7.18. The van der Waals surface area contributed by atoms with Crippen LogP contribution in [0.15, 0.2) is 43.0 Å². The number of aryl methyl sites for hydroxylation is 2. The fraction of sp³-hybridized carbons (Fsp3) is 0.400. The van der Waals surface area contributed by atoms with Gasteiger partial charge in [-0.3, -0.25) is 0 Å². The molecule has 2 aromatic rings. The van der Waals surface area contributed by atoms with Crippen molar-refractivity contribution < 1.29 is 0 Å². The molecule has 2 rings (SSSR count). The Bertz CT molecular complexity index is 799. The number of para-hydroxylation sites is 1. The van der Waals surface area contributed by atoms with Crippen molar-refractivity contribution >= 4 is 35.3 Å². The van der Waals surface area contributed by atoms with Crippen LogP contribution in [0.3, 0.4) is 0 Å². The van der Waals surface area contributed by atoms with Crippen molar-refractivity contribution in [2.24, 2.45) is 0 Å². The molecule has 0 radical (unpaired) electrons. The number of rotatable bonds is 9. The molecule has 0 aliphatic carbocycles. The van der Waals surface area contributed by atoms with Crippen LogP contribution in [0.4, 0.5) is 11.4 Å². The monoisotopic (exact) mass is 413 g/mol. The van der Waals surface area contributed by atoms with Crippen molar-refractivity contribution in [1.29, 1.82) is 5.41 Å². The van der Waals surface area contributed by atoms with E-state index in [0.717, 1.165) is 29.1 Å². The number of anilines is 2. The Kier molecular flexibility index (Phi) is 10.5. The van der Waals surface area contributed by atoms with Gasteiger partial charge in [-0.05, 0) is 60.9 Å². The molecule has 0 aliphatic rings. The summed E-state index contributed by atoms with van der Waals surface area (Å²) in [4.78, 5) is 4.51. The maximum atomic E-state index is 6.44. The number of unbranched alkanes of at least 4 members (excludes halogenated alkanes) is 2. The van der Waals surface area contributed by atoms with Gasteiger partial charge in [-0.25, -0.2) is 0 Å². The largest absolute Gasteiger partial charge is 0.376 e. The Morgan fingerprint density at radius 2 is 1.76 bits per heavy atom. The summed E-state index contributed by atoms with van der Waals surface area (Å²) in [5, 5.41) is 6.27. The van der Waals surface area contributed by atoms with Crippen LogP contribution in [0, 0.1) is 12.3 Å². The van der Waals surface area contributed by atoms with Gasteiger partial charge in [-0.1, -0.05) is 62.2 Å². The molecule has 4 heteroatoms. The molecule has 1 N–H and O–H groups in total. The molecule has 2 aromatic carbocycles. The maximum absolute atomic E-state index is 6.44. The molecule has 0 bridgehead atoms. The van der Waals surface area contributed by atoms with E-state index in [1.54, 1.807) is 0 Å². The molecule has 0 saturated heterocycles. The Morgan fingerprint density at radius 1 is 1.07 bits per heavy atom. The van der Waals surface area contributed by atoms with E-state index in [1.807, 2.05) is 6.07 Å². The van der Waals surface area contributed by atoms with Crippen molar-refractivity contribution in [3.05, 3.63) is 64.7 Å². The number of likely N-dealkylation sites (N-methyl/N-ethyl adjacent to an activating group) is 1. The van der Waals surface area contributed by atoms with E-state index < -0.39 is 0 Å². The minimum Gasteiger partial charge on any atom is -0.376 e. The lowest BCUT2D eigenvalue weighted by Crippen LogP contribution is -2.23. The number of halogens is 1. The molecule has 0 heterocycles. The molecule has 0 atom stereocenters. The first-order chi connectivity index (χ1) is 13.8. The van der Waals surface area contributed by atoms with Gasteiger partial charge in [-0.15, -0.1) is 0 Å². The fourth-order valence-electron chi connectivity index (χ4n) is 3.53. The SMILES string of the molecule is C=C(CN(C)c1cccc(CCCCC)c1N(C)C)c1ccc(C)cc1Cl.C=N. The molecule has 0 aromatic heterocycles. The molecule has 0 unspecified atom stereocenters. The van der Waals surface area contributed by atoms with Gasteiger partial charge in [0.15, 0.2) is 0 Å². The lowest BCUT2D eigenvalue weighted by Gasteiger charge is -2.29. The van der Waals surface area contributed by atoms with Crippen LogP contribution >= 0.6 is 11.6 Å². The number of hydrogen-bond acceptors (Lipinski definition) is 3. The van der Waals surface area contributed by atoms with Crippen LogP contribution in [-0.2, 0) is 6.42 Å². The highest BCUT2D eigenvalue weighted by atomic mass is 35.5. The highest BCUT2D eigenvalue weighted by Crippen LogP contribution is 2.34. The molecular weight excluding hydrogens is 378 g/mol. The quantitative estimate of drug-likeness (QED) is 0.359. The third kappa shape index (κ3) is 6.93. The third-order valence-electron chi connectivity index (χ3n) is 4.94. The van der Waals surface area contributed by atoms with E-state index >= 15 is 0 Å². The van der Waals surface area contributed by atoms with Gasteiger partial charge in [0.05, 0.1) is 11.4 Å². The van der Waals surface area contributed by atoms with Gasteiger partial charge in [0, 0.05) is 32.7 Å². The topological polar surface area (TPSA) is 30.3 Å². The Balaban J connectivity index is 0.00000204. The van der Waals surface area contributed by atoms with Crippen LogP contribution in [0.5, 0.6) is 0 Å². The first-order valence-corrected chi connectivity index (χ1v) is 10.5. The average molecular weight is 414 g/mol. The molecule has 158 valence electrons. The Hall–Kier alpha value is -2.26. The number of benzene rings is 2. The zero-order chi connectivity index (χ0) is 22.0. The van der Waals surface area contributed by atoms with E-state index in [0.29, 0.717) is 0 Å². The third-order valence-corrected chi connectivity index (χ3v) is 5.25. The highest BCUT2D eigenvalue weighted by molar-refractivity contribution is 6.32.